The number of benzene rings is 1. The highest BCUT2D eigenvalue weighted by atomic mass is 32.1. The molecule has 0 saturated carbocycles. The predicted molar refractivity (Wildman–Crippen MR) is 82.4 cm³/mol. The van der Waals surface area contributed by atoms with E-state index in [1.54, 1.807) is 25.1 Å². The number of hydrazone groups is 1. The van der Waals surface area contributed by atoms with Crippen molar-refractivity contribution in [3.05, 3.63) is 51.4 Å². The van der Waals surface area contributed by atoms with Gasteiger partial charge in [-0.05, 0) is 25.1 Å². The SMILES string of the molecule is CC(=O)NN=C(C)c1ccc(-c2ccccc2[N+](=O)[O-])s1. The van der Waals surface area contributed by atoms with Gasteiger partial charge in [0.05, 0.1) is 21.1 Å². The molecule has 1 aromatic heterocycles. The van der Waals surface area contributed by atoms with E-state index in [2.05, 4.69) is 10.5 Å². The fourth-order valence-electron chi connectivity index (χ4n) is 1.74. The zero-order valence-electron chi connectivity index (χ0n) is 11.5. The minimum atomic E-state index is -0.396. The Kier molecular flexibility index (Phi) is 4.44. The summed E-state index contributed by atoms with van der Waals surface area (Å²) in [6.07, 6.45) is 0. The van der Waals surface area contributed by atoms with Gasteiger partial charge in [-0.2, -0.15) is 5.10 Å². The van der Waals surface area contributed by atoms with E-state index in [0.29, 0.717) is 11.3 Å². The number of nitrogens with one attached hydrogen (secondary N) is 1. The molecule has 0 aliphatic heterocycles. The van der Waals surface area contributed by atoms with Crippen LogP contribution in [0.5, 0.6) is 0 Å². The minimum absolute atomic E-state index is 0.0716. The van der Waals surface area contributed by atoms with Crippen LogP contribution >= 0.6 is 11.3 Å². The van der Waals surface area contributed by atoms with Crippen molar-refractivity contribution >= 4 is 28.6 Å². The Labute approximate surface area is 125 Å². The Morgan fingerprint density at radius 3 is 2.62 bits per heavy atom. The first-order valence-electron chi connectivity index (χ1n) is 6.14. The van der Waals surface area contributed by atoms with E-state index in [0.717, 1.165) is 9.75 Å². The molecule has 0 bridgehead atoms. The van der Waals surface area contributed by atoms with Crippen LogP contribution in [0.4, 0.5) is 5.69 Å². The second-order valence-corrected chi connectivity index (χ2v) is 5.39. The number of amides is 1. The van der Waals surface area contributed by atoms with Gasteiger partial charge < -0.3 is 0 Å². The van der Waals surface area contributed by atoms with Gasteiger partial charge in [0.2, 0.25) is 5.91 Å². The molecule has 0 unspecified atom stereocenters. The van der Waals surface area contributed by atoms with Crippen LogP contribution in [0.25, 0.3) is 10.4 Å². The van der Waals surface area contributed by atoms with E-state index in [-0.39, 0.29) is 11.6 Å². The number of thiophene rings is 1. The van der Waals surface area contributed by atoms with Crippen LogP contribution in [-0.4, -0.2) is 16.5 Å². The van der Waals surface area contributed by atoms with Gasteiger partial charge in [-0.3, -0.25) is 14.9 Å². The van der Waals surface area contributed by atoms with E-state index in [9.17, 15) is 14.9 Å². The van der Waals surface area contributed by atoms with Crippen molar-refractivity contribution in [1.29, 1.82) is 0 Å². The zero-order valence-corrected chi connectivity index (χ0v) is 12.3. The maximum Gasteiger partial charge on any atom is 0.278 e. The van der Waals surface area contributed by atoms with E-state index in [1.807, 2.05) is 12.1 Å². The molecule has 0 atom stereocenters. The van der Waals surface area contributed by atoms with E-state index in [4.69, 9.17) is 0 Å². The van der Waals surface area contributed by atoms with Crippen molar-refractivity contribution in [3.8, 4) is 10.4 Å². The standard InChI is InChI=1S/C14H13N3O3S/c1-9(15-16-10(2)18)13-7-8-14(21-13)11-5-3-4-6-12(11)17(19)20/h3-8H,1-2H3,(H,16,18). The molecule has 1 amide bonds. The lowest BCUT2D eigenvalue weighted by Gasteiger charge is -1.99. The molecule has 0 aliphatic rings. The lowest BCUT2D eigenvalue weighted by molar-refractivity contribution is -0.384. The van der Waals surface area contributed by atoms with Crippen LogP contribution in [0.1, 0.15) is 18.7 Å². The van der Waals surface area contributed by atoms with Crippen LogP contribution < -0.4 is 5.43 Å². The largest absolute Gasteiger partial charge is 0.278 e. The van der Waals surface area contributed by atoms with Crippen LogP contribution in [0.15, 0.2) is 41.5 Å². The summed E-state index contributed by atoms with van der Waals surface area (Å²) < 4.78 is 0. The smallest absolute Gasteiger partial charge is 0.274 e. The molecule has 1 heterocycles. The molecule has 0 fully saturated rings. The quantitative estimate of drug-likeness (QED) is 0.535. The van der Waals surface area contributed by atoms with Crippen molar-refractivity contribution in [2.24, 2.45) is 5.10 Å². The van der Waals surface area contributed by atoms with Crippen molar-refractivity contribution in [3.63, 3.8) is 0 Å². The van der Waals surface area contributed by atoms with Crippen LogP contribution in [0.2, 0.25) is 0 Å². The van der Waals surface area contributed by atoms with Crippen molar-refractivity contribution in [1.82, 2.24) is 5.43 Å². The number of hydrogen-bond acceptors (Lipinski definition) is 5. The monoisotopic (exact) mass is 303 g/mol. The summed E-state index contributed by atoms with van der Waals surface area (Å²) in [4.78, 5) is 23.1. The van der Waals surface area contributed by atoms with E-state index >= 15 is 0 Å². The third-order valence-corrected chi connectivity index (χ3v) is 3.94. The summed E-state index contributed by atoms with van der Waals surface area (Å²) in [5.74, 6) is -0.246. The molecular formula is C14H13N3O3S. The fourth-order valence-corrected chi connectivity index (χ4v) is 2.72. The minimum Gasteiger partial charge on any atom is -0.274 e. The van der Waals surface area contributed by atoms with E-state index < -0.39 is 4.92 Å². The number of nitro benzene ring substituents is 1. The molecule has 21 heavy (non-hydrogen) atoms. The number of nitrogens with zero attached hydrogens (tertiary/aromatic N) is 2. The summed E-state index contributed by atoms with van der Waals surface area (Å²) >= 11 is 1.39. The summed E-state index contributed by atoms with van der Waals surface area (Å²) in [5, 5.41) is 15.0. The lowest BCUT2D eigenvalue weighted by Crippen LogP contribution is -2.14. The van der Waals surface area contributed by atoms with Gasteiger partial charge in [-0.15, -0.1) is 11.3 Å². The van der Waals surface area contributed by atoms with Gasteiger partial charge >= 0.3 is 0 Å². The third-order valence-electron chi connectivity index (χ3n) is 2.71. The van der Waals surface area contributed by atoms with Crippen LogP contribution in [-0.2, 0) is 4.79 Å². The van der Waals surface area contributed by atoms with Gasteiger partial charge in [-0.25, -0.2) is 5.43 Å². The highest BCUT2D eigenvalue weighted by molar-refractivity contribution is 7.17. The highest BCUT2D eigenvalue weighted by Crippen LogP contribution is 2.34. The van der Waals surface area contributed by atoms with Gasteiger partial charge in [-0.1, -0.05) is 12.1 Å². The molecule has 0 saturated heterocycles. The molecule has 1 N–H and O–H groups in total. The van der Waals surface area contributed by atoms with Gasteiger partial charge in [0.1, 0.15) is 0 Å². The number of para-hydroxylation sites is 1. The Morgan fingerprint density at radius 1 is 1.24 bits per heavy atom. The second-order valence-electron chi connectivity index (χ2n) is 4.30. The maximum atomic E-state index is 11.1. The van der Waals surface area contributed by atoms with Crippen molar-refractivity contribution in [2.75, 3.05) is 0 Å². The molecule has 0 spiro atoms. The molecule has 0 radical (unpaired) electrons. The predicted octanol–water partition coefficient (Wildman–Crippen LogP) is 3.18. The summed E-state index contributed by atoms with van der Waals surface area (Å²) in [6, 6.07) is 10.2. The molecular weight excluding hydrogens is 290 g/mol. The molecule has 6 nitrogen and oxygen atoms in total. The van der Waals surface area contributed by atoms with E-state index in [1.165, 1.54) is 24.3 Å². The Hall–Kier alpha value is -2.54. The van der Waals surface area contributed by atoms with Crippen molar-refractivity contribution in [2.45, 2.75) is 13.8 Å². The molecule has 7 heteroatoms. The number of carbonyl (C=O) groups is 1. The lowest BCUT2D eigenvalue weighted by atomic mass is 10.1. The number of hydrogen-bond donors (Lipinski definition) is 1. The summed E-state index contributed by atoms with van der Waals surface area (Å²) in [6.45, 7) is 3.15. The first-order valence-corrected chi connectivity index (χ1v) is 6.95. The average molecular weight is 303 g/mol. The van der Waals surface area contributed by atoms with Gasteiger partial charge in [0.25, 0.3) is 5.69 Å². The average Bonchev–Trinajstić information content (AvgIpc) is 2.94. The molecule has 108 valence electrons. The number of nitro groups is 1. The molecule has 2 aromatic rings. The first-order chi connectivity index (χ1) is 9.99. The van der Waals surface area contributed by atoms with Gasteiger partial charge in [0, 0.05) is 17.9 Å². The number of carbonyl (C=O) groups excluding carboxylic acids is 1. The van der Waals surface area contributed by atoms with Crippen molar-refractivity contribution < 1.29 is 9.72 Å². The Bertz CT molecular complexity index is 722. The van der Waals surface area contributed by atoms with Gasteiger partial charge in [0.15, 0.2) is 0 Å². The van der Waals surface area contributed by atoms with Crippen LogP contribution in [0.3, 0.4) is 0 Å². The van der Waals surface area contributed by atoms with Crippen LogP contribution in [0, 0.1) is 10.1 Å². The Morgan fingerprint density at radius 2 is 1.95 bits per heavy atom. The zero-order chi connectivity index (χ0) is 15.4. The maximum absolute atomic E-state index is 11.1. The molecule has 2 rings (SSSR count). The summed E-state index contributed by atoms with van der Waals surface area (Å²) in [5.41, 5.74) is 3.67. The Balaban J connectivity index is 2.35. The number of rotatable bonds is 4. The molecule has 1 aromatic carbocycles. The topological polar surface area (TPSA) is 84.6 Å². The third kappa shape index (κ3) is 3.51. The summed E-state index contributed by atoms with van der Waals surface area (Å²) in [7, 11) is 0. The fraction of sp³-hybridized carbons (Fsp3) is 0.143. The molecule has 0 aliphatic carbocycles. The normalized spacial score (nSPS) is 11.2. The second kappa shape index (κ2) is 6.27. The first kappa shape index (κ1) is 14.9. The highest BCUT2D eigenvalue weighted by Gasteiger charge is 2.16.